The predicted molar refractivity (Wildman–Crippen MR) is 135 cm³/mol. The lowest BCUT2D eigenvalue weighted by Crippen LogP contribution is -2.53. The highest BCUT2D eigenvalue weighted by Gasteiger charge is 2.41. The van der Waals surface area contributed by atoms with Crippen LogP contribution in [0.15, 0.2) is 42.5 Å². The van der Waals surface area contributed by atoms with E-state index in [4.69, 9.17) is 9.47 Å². The van der Waals surface area contributed by atoms with Crippen LogP contribution in [-0.2, 0) is 10.2 Å². The van der Waals surface area contributed by atoms with E-state index in [1.54, 1.807) is 0 Å². The Morgan fingerprint density at radius 1 is 1.09 bits per heavy atom. The molecular formula is C29H38N2O3. The number of ether oxygens (including phenoxy) is 2. The lowest BCUT2D eigenvalue weighted by molar-refractivity contribution is -0.0361. The minimum absolute atomic E-state index is 0.00221. The number of amides is 1. The summed E-state index contributed by atoms with van der Waals surface area (Å²) < 4.78 is 12.1. The summed E-state index contributed by atoms with van der Waals surface area (Å²) in [7, 11) is 0. The van der Waals surface area contributed by atoms with Gasteiger partial charge >= 0.3 is 6.09 Å². The minimum atomic E-state index is -0.313. The summed E-state index contributed by atoms with van der Waals surface area (Å²) in [5.41, 5.74) is 4.47. The number of fused-ring (bicyclic) bond motifs is 4. The van der Waals surface area contributed by atoms with Crippen LogP contribution in [0.25, 0.3) is 11.1 Å². The molecule has 4 aliphatic heterocycles. The van der Waals surface area contributed by atoms with Gasteiger partial charge in [0.1, 0.15) is 11.9 Å². The molecule has 34 heavy (non-hydrogen) atoms. The summed E-state index contributed by atoms with van der Waals surface area (Å²) in [6.07, 6.45) is 1.94. The second-order valence-corrected chi connectivity index (χ2v) is 12.0. The molecule has 3 fully saturated rings. The first kappa shape index (κ1) is 23.2. The van der Waals surface area contributed by atoms with Crippen LogP contribution in [-0.4, -0.2) is 43.3 Å². The molecule has 5 nitrogen and oxygen atoms in total. The fourth-order valence-corrected chi connectivity index (χ4v) is 5.62. The summed E-state index contributed by atoms with van der Waals surface area (Å²) in [6.45, 7) is 14.6. The van der Waals surface area contributed by atoms with Crippen molar-refractivity contribution in [3.63, 3.8) is 0 Å². The molecule has 0 radical (unpaired) electrons. The molecule has 4 heterocycles. The van der Waals surface area contributed by atoms with Gasteiger partial charge in [0, 0.05) is 17.5 Å². The normalized spacial score (nSPS) is 27.4. The molecule has 0 saturated carbocycles. The van der Waals surface area contributed by atoms with Crippen molar-refractivity contribution in [1.29, 1.82) is 0 Å². The Bertz CT molecular complexity index is 1060. The maximum atomic E-state index is 13.0. The second-order valence-electron chi connectivity index (χ2n) is 12.0. The monoisotopic (exact) mass is 462 g/mol. The number of piperidine rings is 3. The average Bonchev–Trinajstić information content (AvgIpc) is 2.81. The van der Waals surface area contributed by atoms with Crippen molar-refractivity contribution >= 4 is 6.09 Å². The quantitative estimate of drug-likeness (QED) is 0.614. The van der Waals surface area contributed by atoms with E-state index >= 15 is 0 Å². The number of hydrogen-bond donors (Lipinski definition) is 1. The first-order valence-electron chi connectivity index (χ1n) is 12.7. The molecule has 1 N–H and O–H groups in total. The van der Waals surface area contributed by atoms with Gasteiger partial charge < -0.3 is 14.8 Å². The van der Waals surface area contributed by atoms with Crippen LogP contribution in [0, 0.1) is 11.3 Å². The summed E-state index contributed by atoms with van der Waals surface area (Å²) in [6, 6.07) is 14.9. The molecule has 2 aromatic rings. The Morgan fingerprint density at radius 3 is 2.50 bits per heavy atom. The Balaban J connectivity index is 1.36. The molecule has 182 valence electrons. The highest BCUT2D eigenvalue weighted by Crippen LogP contribution is 2.44. The number of hydrogen-bond acceptors (Lipinski definition) is 4. The molecule has 1 unspecified atom stereocenters. The van der Waals surface area contributed by atoms with Crippen molar-refractivity contribution < 1.29 is 14.3 Å². The van der Waals surface area contributed by atoms with Crippen LogP contribution in [0.2, 0.25) is 0 Å². The molecule has 0 spiro atoms. The number of benzene rings is 2. The van der Waals surface area contributed by atoms with Crippen LogP contribution in [0.1, 0.15) is 64.6 Å². The number of nitrogens with zero attached hydrogens (tertiary/aromatic N) is 1. The van der Waals surface area contributed by atoms with Crippen LogP contribution < -0.4 is 10.1 Å². The third-order valence-electron chi connectivity index (χ3n) is 7.88. The van der Waals surface area contributed by atoms with E-state index in [1.165, 1.54) is 11.1 Å². The van der Waals surface area contributed by atoms with Crippen molar-refractivity contribution in [2.24, 2.45) is 11.3 Å². The molecule has 2 bridgehead atoms. The Labute approximate surface area is 203 Å². The number of carbonyl (C=O) groups excluding carboxylic acids is 1. The number of rotatable bonds is 3. The molecular weight excluding hydrogens is 424 g/mol. The Kier molecular flexibility index (Phi) is 5.87. The summed E-state index contributed by atoms with van der Waals surface area (Å²) in [5, 5.41) is 3.20. The van der Waals surface area contributed by atoms with E-state index in [9.17, 15) is 4.79 Å². The van der Waals surface area contributed by atoms with Gasteiger partial charge in [-0.2, -0.15) is 0 Å². The van der Waals surface area contributed by atoms with Gasteiger partial charge in [0.05, 0.1) is 12.6 Å². The van der Waals surface area contributed by atoms with Gasteiger partial charge in [-0.15, -0.1) is 0 Å². The van der Waals surface area contributed by atoms with Crippen LogP contribution in [0.4, 0.5) is 4.79 Å². The fourth-order valence-electron chi connectivity index (χ4n) is 5.62. The third-order valence-corrected chi connectivity index (χ3v) is 7.88. The number of carbonyl (C=O) groups is 1. The summed E-state index contributed by atoms with van der Waals surface area (Å²) >= 11 is 0. The van der Waals surface area contributed by atoms with Gasteiger partial charge in [-0.3, -0.25) is 4.90 Å². The Morgan fingerprint density at radius 2 is 1.82 bits per heavy atom. The summed E-state index contributed by atoms with van der Waals surface area (Å²) in [5.74, 6) is 1.34. The molecule has 0 aromatic heterocycles. The second kappa shape index (κ2) is 8.60. The van der Waals surface area contributed by atoms with Crippen molar-refractivity contribution in [3.05, 3.63) is 53.6 Å². The minimum Gasteiger partial charge on any atom is -0.493 e. The van der Waals surface area contributed by atoms with Crippen LogP contribution in [0.5, 0.6) is 5.75 Å². The predicted octanol–water partition coefficient (Wildman–Crippen LogP) is 5.93. The smallest absolute Gasteiger partial charge is 0.407 e. The van der Waals surface area contributed by atoms with E-state index in [2.05, 4.69) is 87.3 Å². The van der Waals surface area contributed by atoms with E-state index in [0.29, 0.717) is 12.5 Å². The maximum absolute atomic E-state index is 13.0. The highest BCUT2D eigenvalue weighted by molar-refractivity contribution is 5.70. The van der Waals surface area contributed by atoms with Gasteiger partial charge in [0.15, 0.2) is 0 Å². The van der Waals surface area contributed by atoms with Gasteiger partial charge in [0.2, 0.25) is 0 Å². The van der Waals surface area contributed by atoms with Crippen molar-refractivity contribution in [2.75, 3.05) is 26.2 Å². The Hall–Kier alpha value is -2.53. The molecule has 0 aliphatic carbocycles. The molecule has 1 amide bonds. The lowest BCUT2D eigenvalue weighted by Gasteiger charge is -2.44. The molecule has 2 aromatic carbocycles. The van der Waals surface area contributed by atoms with Crippen molar-refractivity contribution in [2.45, 2.75) is 65.0 Å². The van der Waals surface area contributed by atoms with E-state index in [-0.39, 0.29) is 29.1 Å². The van der Waals surface area contributed by atoms with E-state index in [1.807, 2.05) is 0 Å². The van der Waals surface area contributed by atoms with E-state index < -0.39 is 0 Å². The molecule has 3 saturated heterocycles. The van der Waals surface area contributed by atoms with Crippen molar-refractivity contribution in [3.8, 4) is 16.9 Å². The molecule has 4 aliphatic rings. The van der Waals surface area contributed by atoms with Crippen LogP contribution >= 0.6 is 0 Å². The largest absolute Gasteiger partial charge is 0.493 e. The fraction of sp³-hybridized carbons (Fsp3) is 0.552. The number of alkyl carbamates (subject to hydrolysis) is 1. The highest BCUT2D eigenvalue weighted by atomic mass is 16.6. The number of nitrogens with one attached hydrogen (secondary N) is 1. The van der Waals surface area contributed by atoms with Crippen LogP contribution in [0.3, 0.4) is 0 Å². The molecule has 2 atom stereocenters. The SMILES string of the molecule is CC(C)(C)c1cccc(-c2ccc3c(c2)OCC(C)(C)C3NC(=O)O[C@@H]2CN3CCC2CC3)c1. The molecule has 5 heteroatoms. The first-order valence-corrected chi connectivity index (χ1v) is 12.7. The zero-order valence-corrected chi connectivity index (χ0v) is 21.2. The van der Waals surface area contributed by atoms with Crippen molar-refractivity contribution in [1.82, 2.24) is 10.2 Å². The lowest BCUT2D eigenvalue weighted by atomic mass is 9.78. The zero-order chi connectivity index (χ0) is 24.1. The third kappa shape index (κ3) is 4.55. The average molecular weight is 463 g/mol. The topological polar surface area (TPSA) is 50.8 Å². The first-order chi connectivity index (χ1) is 16.1. The van der Waals surface area contributed by atoms with E-state index in [0.717, 1.165) is 49.4 Å². The molecule has 6 rings (SSSR count). The standard InChI is InChI=1S/C29H38N2O3/c1-28(2,3)22-8-6-7-20(15-22)21-9-10-23-24(16-21)33-18-29(4,5)26(23)30-27(32)34-25-17-31-13-11-19(25)12-14-31/h6-10,15-16,19,25-26H,11-14,17-18H2,1-5H3,(H,30,32)/t25-,26?/m1/s1. The van der Waals surface area contributed by atoms with Gasteiger partial charge in [-0.25, -0.2) is 4.79 Å². The summed E-state index contributed by atoms with van der Waals surface area (Å²) in [4.78, 5) is 15.4. The zero-order valence-electron chi connectivity index (χ0n) is 21.2. The maximum Gasteiger partial charge on any atom is 0.407 e. The van der Waals surface area contributed by atoms with Gasteiger partial charge in [-0.05, 0) is 60.0 Å². The van der Waals surface area contributed by atoms with Gasteiger partial charge in [0.25, 0.3) is 0 Å². The van der Waals surface area contributed by atoms with Gasteiger partial charge in [-0.1, -0.05) is 71.0 Å².